The van der Waals surface area contributed by atoms with Gasteiger partial charge >= 0.3 is 6.18 Å². The van der Waals surface area contributed by atoms with E-state index in [1.165, 1.54) is 24.4 Å². The van der Waals surface area contributed by atoms with E-state index < -0.39 is 53.3 Å². The minimum Gasteiger partial charge on any atom is -0.497 e. The fraction of sp³-hybridized carbons (Fsp3) is 0.250. The maximum atomic E-state index is 13.5. The van der Waals surface area contributed by atoms with Crippen LogP contribution in [0.5, 0.6) is 5.75 Å². The Morgan fingerprint density at radius 2 is 1.74 bits per heavy atom. The fourth-order valence-corrected chi connectivity index (χ4v) is 4.84. The lowest BCUT2D eigenvalue weighted by atomic mass is 9.86. The van der Waals surface area contributed by atoms with Gasteiger partial charge in [0, 0.05) is 11.8 Å². The molecule has 0 saturated carbocycles. The number of anilines is 1. The zero-order valence-electron chi connectivity index (χ0n) is 17.8. The van der Waals surface area contributed by atoms with E-state index in [2.05, 4.69) is 5.10 Å². The number of halogens is 3. The molecular formula is C24H18F3N3O4. The van der Waals surface area contributed by atoms with Crippen molar-refractivity contribution < 1.29 is 32.3 Å². The van der Waals surface area contributed by atoms with Crippen LogP contribution in [-0.2, 0) is 15.8 Å². The number of nitrogens with zero attached hydrogens (tertiary/aromatic N) is 3. The summed E-state index contributed by atoms with van der Waals surface area (Å²) >= 11 is 0. The van der Waals surface area contributed by atoms with E-state index in [9.17, 15) is 27.6 Å². The average Bonchev–Trinajstić information content (AvgIpc) is 3.31. The lowest BCUT2D eigenvalue weighted by Crippen LogP contribution is -2.46. The van der Waals surface area contributed by atoms with E-state index in [-0.39, 0.29) is 5.69 Å². The normalized spacial score (nSPS) is 25.5. The molecule has 3 aliphatic heterocycles. The first kappa shape index (κ1) is 21.9. The first-order valence-electron chi connectivity index (χ1n) is 10.4. The Bertz CT molecular complexity index is 1240. The molecule has 0 spiro atoms. The summed E-state index contributed by atoms with van der Waals surface area (Å²) < 4.78 is 44.8. The molecule has 0 aliphatic carbocycles. The Kier molecular flexibility index (Phi) is 5.03. The highest BCUT2D eigenvalue weighted by Crippen LogP contribution is 2.46. The van der Waals surface area contributed by atoms with Gasteiger partial charge in [-0.1, -0.05) is 12.1 Å². The molecule has 3 heterocycles. The van der Waals surface area contributed by atoms with Crippen molar-refractivity contribution in [3.8, 4) is 5.75 Å². The number of hydrazone groups is 1. The van der Waals surface area contributed by atoms with Gasteiger partial charge < -0.3 is 4.74 Å². The van der Waals surface area contributed by atoms with Gasteiger partial charge in [-0.05, 0) is 48.5 Å². The second-order valence-corrected chi connectivity index (χ2v) is 8.17. The Hall–Kier alpha value is -3.95. The summed E-state index contributed by atoms with van der Waals surface area (Å²) in [4.78, 5) is 41.2. The topological polar surface area (TPSA) is 79.3 Å². The standard InChI is InChI=1S/C24H18F3N3O4/c1-34-16-9-7-13(8-10-16)21(31)20-19-18(17-6-3-11-28-30(17)20)22(32)29(23(19)33)15-5-2-4-14(12-15)24(25,26)27/h2-12,17-20H,1H3/t17-,18+,19+,20-/m0/s1. The number of hydrogen-bond donors (Lipinski definition) is 0. The van der Waals surface area contributed by atoms with E-state index in [1.54, 1.807) is 36.4 Å². The summed E-state index contributed by atoms with van der Waals surface area (Å²) in [5.74, 6) is -3.31. The second kappa shape index (κ2) is 7.82. The maximum Gasteiger partial charge on any atom is 0.416 e. The molecule has 2 amide bonds. The van der Waals surface area contributed by atoms with Gasteiger partial charge in [-0.25, -0.2) is 4.90 Å². The van der Waals surface area contributed by atoms with Gasteiger partial charge in [-0.15, -0.1) is 0 Å². The first-order valence-corrected chi connectivity index (χ1v) is 10.4. The highest BCUT2D eigenvalue weighted by molar-refractivity contribution is 6.24. The number of carbonyl (C=O) groups excluding carboxylic acids is 3. The number of ether oxygens (including phenoxy) is 1. The molecule has 2 aromatic carbocycles. The predicted molar refractivity (Wildman–Crippen MR) is 115 cm³/mol. The third-order valence-corrected chi connectivity index (χ3v) is 6.37. The average molecular weight is 469 g/mol. The van der Waals surface area contributed by atoms with Crippen LogP contribution in [0.1, 0.15) is 15.9 Å². The number of allylic oxidation sites excluding steroid dienone is 1. The van der Waals surface area contributed by atoms with Crippen LogP contribution in [0.25, 0.3) is 0 Å². The third-order valence-electron chi connectivity index (χ3n) is 6.37. The number of hydrogen-bond acceptors (Lipinski definition) is 6. The molecule has 0 N–H and O–H groups in total. The van der Waals surface area contributed by atoms with Crippen LogP contribution in [-0.4, -0.2) is 48.0 Å². The van der Waals surface area contributed by atoms with Crippen molar-refractivity contribution in [3.63, 3.8) is 0 Å². The molecule has 174 valence electrons. The van der Waals surface area contributed by atoms with Crippen molar-refractivity contribution in [2.75, 3.05) is 12.0 Å². The second-order valence-electron chi connectivity index (χ2n) is 8.17. The lowest BCUT2D eigenvalue weighted by Gasteiger charge is -2.30. The Morgan fingerprint density at radius 1 is 1.03 bits per heavy atom. The van der Waals surface area contributed by atoms with Crippen molar-refractivity contribution in [1.29, 1.82) is 0 Å². The molecule has 0 bridgehead atoms. The quantitative estimate of drug-likeness (QED) is 0.507. The van der Waals surface area contributed by atoms with Crippen LogP contribution in [0, 0.1) is 11.8 Å². The highest BCUT2D eigenvalue weighted by Gasteiger charge is 2.64. The summed E-state index contributed by atoms with van der Waals surface area (Å²) in [5.41, 5.74) is -0.852. The minimum atomic E-state index is -4.64. The van der Waals surface area contributed by atoms with Crippen molar-refractivity contribution in [3.05, 3.63) is 71.8 Å². The monoisotopic (exact) mass is 469 g/mol. The first-order chi connectivity index (χ1) is 16.2. The molecular weight excluding hydrogens is 451 g/mol. The summed E-state index contributed by atoms with van der Waals surface area (Å²) in [6.07, 6.45) is 0.115. The largest absolute Gasteiger partial charge is 0.497 e. The highest BCUT2D eigenvalue weighted by atomic mass is 19.4. The predicted octanol–water partition coefficient (Wildman–Crippen LogP) is 3.31. The van der Waals surface area contributed by atoms with Crippen LogP contribution < -0.4 is 9.64 Å². The van der Waals surface area contributed by atoms with Crippen LogP contribution in [0.15, 0.2) is 65.8 Å². The third kappa shape index (κ3) is 3.28. The summed E-state index contributed by atoms with van der Waals surface area (Å²) in [7, 11) is 1.49. The fourth-order valence-electron chi connectivity index (χ4n) is 4.84. The molecule has 4 atom stereocenters. The molecule has 10 heteroatoms. The smallest absolute Gasteiger partial charge is 0.416 e. The van der Waals surface area contributed by atoms with Crippen LogP contribution >= 0.6 is 0 Å². The van der Waals surface area contributed by atoms with E-state index >= 15 is 0 Å². The molecule has 0 radical (unpaired) electrons. The SMILES string of the molecule is COc1ccc(C(=O)[C@@H]2[C@@H]3C(=O)N(c4cccc(C(F)(F)F)c4)C(=O)[C@@H]3[C@@H]3C=CC=NN23)cc1. The number of rotatable bonds is 4. The zero-order chi connectivity index (χ0) is 24.2. The Labute approximate surface area is 192 Å². The molecule has 7 nitrogen and oxygen atoms in total. The van der Waals surface area contributed by atoms with Crippen LogP contribution in [0.2, 0.25) is 0 Å². The lowest BCUT2D eigenvalue weighted by molar-refractivity contribution is -0.137. The van der Waals surface area contributed by atoms with Crippen molar-refractivity contribution in [1.82, 2.24) is 5.01 Å². The number of carbonyl (C=O) groups is 3. The molecule has 5 rings (SSSR count). The number of fused-ring (bicyclic) bond motifs is 3. The van der Waals surface area contributed by atoms with E-state index in [1.807, 2.05) is 0 Å². The molecule has 0 unspecified atom stereocenters. The summed E-state index contributed by atoms with van der Waals surface area (Å²) in [6.45, 7) is 0. The van der Waals surface area contributed by atoms with Gasteiger partial charge in [0.05, 0.1) is 36.2 Å². The number of methoxy groups -OCH3 is 1. The molecule has 2 fully saturated rings. The number of amides is 2. The van der Waals surface area contributed by atoms with Gasteiger partial charge in [0.1, 0.15) is 11.8 Å². The molecule has 3 aliphatic rings. The van der Waals surface area contributed by atoms with Gasteiger partial charge in [0.25, 0.3) is 0 Å². The molecule has 34 heavy (non-hydrogen) atoms. The number of imide groups is 1. The van der Waals surface area contributed by atoms with Crippen molar-refractivity contribution >= 4 is 29.5 Å². The summed E-state index contributed by atoms with van der Waals surface area (Å²) in [6, 6.07) is 8.61. The molecule has 0 aromatic heterocycles. The van der Waals surface area contributed by atoms with E-state index in [0.717, 1.165) is 23.1 Å². The van der Waals surface area contributed by atoms with Gasteiger partial charge in [0.15, 0.2) is 5.78 Å². The van der Waals surface area contributed by atoms with E-state index in [4.69, 9.17) is 4.74 Å². The Balaban J connectivity index is 1.55. The molecule has 2 aromatic rings. The summed E-state index contributed by atoms with van der Waals surface area (Å²) in [5, 5.41) is 5.70. The van der Waals surface area contributed by atoms with Gasteiger partial charge in [-0.2, -0.15) is 18.3 Å². The van der Waals surface area contributed by atoms with Crippen molar-refractivity contribution in [2.24, 2.45) is 16.9 Å². The van der Waals surface area contributed by atoms with E-state index in [0.29, 0.717) is 11.3 Å². The number of ketones is 1. The van der Waals surface area contributed by atoms with Crippen LogP contribution in [0.4, 0.5) is 18.9 Å². The van der Waals surface area contributed by atoms with Gasteiger partial charge in [-0.3, -0.25) is 19.4 Å². The number of alkyl halides is 3. The zero-order valence-corrected chi connectivity index (χ0v) is 17.8. The number of Topliss-reactive ketones (excluding diaryl/α,β-unsaturated/α-hetero) is 1. The Morgan fingerprint density at radius 3 is 2.41 bits per heavy atom. The van der Waals surface area contributed by atoms with Crippen molar-refractivity contribution in [2.45, 2.75) is 18.3 Å². The maximum absolute atomic E-state index is 13.5. The van der Waals surface area contributed by atoms with Crippen LogP contribution in [0.3, 0.4) is 0 Å². The van der Waals surface area contributed by atoms with Gasteiger partial charge in [0.2, 0.25) is 11.8 Å². The number of benzene rings is 2. The minimum absolute atomic E-state index is 0.176. The molecule has 2 saturated heterocycles.